The van der Waals surface area contributed by atoms with E-state index < -0.39 is 24.6 Å². The largest absolute Gasteiger partial charge is 0.481 e. The van der Waals surface area contributed by atoms with Crippen molar-refractivity contribution in [3.63, 3.8) is 0 Å². The Balaban J connectivity index is 1.93. The molecule has 6 nitrogen and oxygen atoms in total. The second kappa shape index (κ2) is 12.9. The molecule has 7 heteroatoms. The van der Waals surface area contributed by atoms with Gasteiger partial charge in [0, 0.05) is 23.4 Å². The number of carbonyl (C=O) groups is 2. The van der Waals surface area contributed by atoms with E-state index in [4.69, 9.17) is 5.11 Å². The summed E-state index contributed by atoms with van der Waals surface area (Å²) in [7, 11) is 0. The second-order valence-corrected chi connectivity index (χ2v) is 10.3. The van der Waals surface area contributed by atoms with E-state index >= 15 is 0 Å². The van der Waals surface area contributed by atoms with Crippen LogP contribution in [0.25, 0.3) is 22.4 Å². The maximum absolute atomic E-state index is 14.2. The van der Waals surface area contributed by atoms with Gasteiger partial charge in [0.1, 0.15) is 5.82 Å². The molecular weight excluding hydrogens is 509 g/mol. The minimum atomic E-state index is -1.17. The van der Waals surface area contributed by atoms with Crippen LogP contribution in [0.5, 0.6) is 0 Å². The van der Waals surface area contributed by atoms with Gasteiger partial charge in [0.2, 0.25) is 0 Å². The number of hydrogen-bond acceptors (Lipinski definition) is 4. The van der Waals surface area contributed by atoms with Crippen molar-refractivity contribution in [2.24, 2.45) is 0 Å². The number of carboxylic acids is 1. The van der Waals surface area contributed by atoms with Crippen LogP contribution in [0.1, 0.15) is 60.6 Å². The van der Waals surface area contributed by atoms with Crippen LogP contribution in [0, 0.1) is 5.82 Å². The number of aromatic nitrogens is 1. The molecule has 0 radical (unpaired) electrons. The Morgan fingerprint density at radius 3 is 2.00 bits per heavy atom. The number of aliphatic carboxylic acids is 1. The highest BCUT2D eigenvalue weighted by molar-refractivity contribution is 6.16. The number of nitrogens with zero attached hydrogens (tertiary/aromatic N) is 1. The number of hydrogen-bond donors (Lipinski definition) is 3. The molecule has 0 saturated heterocycles. The summed E-state index contributed by atoms with van der Waals surface area (Å²) in [5.41, 5.74) is 4.88. The van der Waals surface area contributed by atoms with Crippen LogP contribution in [-0.4, -0.2) is 43.8 Å². The first-order valence-corrected chi connectivity index (χ1v) is 13.4. The minimum Gasteiger partial charge on any atom is -0.481 e. The molecule has 0 bridgehead atoms. The molecule has 0 aliphatic carbocycles. The molecule has 0 unspecified atom stereocenters. The molecule has 3 aromatic carbocycles. The lowest BCUT2D eigenvalue weighted by molar-refractivity contribution is -0.139. The van der Waals surface area contributed by atoms with Crippen LogP contribution in [0.4, 0.5) is 4.39 Å². The van der Waals surface area contributed by atoms with Gasteiger partial charge in [-0.25, -0.2) is 4.39 Å². The zero-order chi connectivity index (χ0) is 28.8. The molecular formula is C33H34FNO5. The van der Waals surface area contributed by atoms with Crippen molar-refractivity contribution in [3.8, 4) is 22.4 Å². The van der Waals surface area contributed by atoms with Gasteiger partial charge in [-0.05, 0) is 54.2 Å². The van der Waals surface area contributed by atoms with Gasteiger partial charge in [-0.15, -0.1) is 0 Å². The fourth-order valence-electron chi connectivity index (χ4n) is 5.22. The zero-order valence-corrected chi connectivity index (χ0v) is 22.6. The Bertz CT molecular complexity index is 1450. The third kappa shape index (κ3) is 6.55. The Morgan fingerprint density at radius 1 is 0.825 bits per heavy atom. The van der Waals surface area contributed by atoms with E-state index in [1.54, 1.807) is 24.3 Å². The molecule has 40 heavy (non-hydrogen) atoms. The average molecular weight is 544 g/mol. The lowest BCUT2D eigenvalue weighted by atomic mass is 9.90. The van der Waals surface area contributed by atoms with Crippen molar-refractivity contribution in [1.29, 1.82) is 0 Å². The van der Waals surface area contributed by atoms with Crippen molar-refractivity contribution in [2.45, 2.75) is 57.8 Å². The number of rotatable bonds is 12. The lowest BCUT2D eigenvalue weighted by Gasteiger charge is -2.20. The highest BCUT2D eigenvalue weighted by Gasteiger charge is 2.31. The van der Waals surface area contributed by atoms with Crippen molar-refractivity contribution in [2.75, 3.05) is 0 Å². The molecule has 1 aromatic heterocycles. The number of benzene rings is 3. The Kier molecular flexibility index (Phi) is 9.30. The first-order chi connectivity index (χ1) is 19.2. The van der Waals surface area contributed by atoms with E-state index in [1.807, 2.05) is 66.9 Å². The molecule has 208 valence electrons. The van der Waals surface area contributed by atoms with Gasteiger partial charge >= 0.3 is 5.97 Å². The average Bonchev–Trinajstić information content (AvgIpc) is 3.27. The van der Waals surface area contributed by atoms with Gasteiger partial charge in [0.15, 0.2) is 5.78 Å². The summed E-state index contributed by atoms with van der Waals surface area (Å²) >= 11 is 0. The monoisotopic (exact) mass is 543 g/mol. The number of halogens is 1. The van der Waals surface area contributed by atoms with E-state index in [0.29, 0.717) is 17.7 Å². The molecule has 0 fully saturated rings. The van der Waals surface area contributed by atoms with E-state index in [-0.39, 0.29) is 30.4 Å². The summed E-state index contributed by atoms with van der Waals surface area (Å²) < 4.78 is 16.0. The topological polar surface area (TPSA) is 99.8 Å². The van der Waals surface area contributed by atoms with Crippen LogP contribution in [0.15, 0.2) is 84.9 Å². The van der Waals surface area contributed by atoms with Gasteiger partial charge in [-0.1, -0.05) is 74.5 Å². The van der Waals surface area contributed by atoms with Gasteiger partial charge in [-0.3, -0.25) is 9.59 Å². The molecule has 0 saturated carbocycles. The second-order valence-electron chi connectivity index (χ2n) is 10.3. The molecule has 0 amide bonds. The summed E-state index contributed by atoms with van der Waals surface area (Å²) in [6.07, 6.45) is -2.46. The summed E-state index contributed by atoms with van der Waals surface area (Å²) in [5, 5.41) is 29.7. The fraction of sp³-hybridized carbons (Fsp3) is 0.273. The molecule has 0 aliphatic rings. The number of ketones is 1. The zero-order valence-electron chi connectivity index (χ0n) is 22.6. The lowest BCUT2D eigenvalue weighted by Crippen LogP contribution is -2.22. The predicted octanol–water partition coefficient (Wildman–Crippen LogP) is 6.29. The molecule has 2 atom stereocenters. The summed E-state index contributed by atoms with van der Waals surface area (Å²) in [4.78, 5) is 25.2. The standard InChI is InChI=1S/C33H34FNO5/c1-21(2)31-30(33(40)24-11-7-4-8-12-24)29(22-9-5-3-6-10-22)32(23-13-15-25(34)16-14-23)35(31)18-17-26(36)19-27(37)20-28(38)39/h3-16,21,26-27,36-37H,17-20H2,1-2H3,(H,38,39)/t26-,27-/m1/s1. The summed E-state index contributed by atoms with van der Waals surface area (Å²) in [6, 6.07) is 24.8. The summed E-state index contributed by atoms with van der Waals surface area (Å²) in [5.74, 6) is -1.74. The summed E-state index contributed by atoms with van der Waals surface area (Å²) in [6.45, 7) is 4.30. The van der Waals surface area contributed by atoms with Crippen molar-refractivity contribution in [1.82, 2.24) is 4.57 Å². The number of carbonyl (C=O) groups excluding carboxylic acids is 1. The van der Waals surface area contributed by atoms with E-state index in [2.05, 4.69) is 0 Å². The Labute approximate surface area is 233 Å². The van der Waals surface area contributed by atoms with Crippen molar-refractivity contribution >= 4 is 11.8 Å². The van der Waals surface area contributed by atoms with E-state index in [0.717, 1.165) is 28.1 Å². The first kappa shape index (κ1) is 28.9. The fourth-order valence-corrected chi connectivity index (χ4v) is 5.22. The number of carboxylic acid groups (broad SMARTS) is 1. The number of aliphatic hydroxyl groups is 2. The number of aliphatic hydroxyl groups excluding tert-OH is 2. The first-order valence-electron chi connectivity index (χ1n) is 13.4. The van der Waals surface area contributed by atoms with Crippen LogP contribution < -0.4 is 0 Å². The molecule has 4 aromatic rings. The molecule has 3 N–H and O–H groups in total. The molecule has 1 heterocycles. The third-order valence-corrected chi connectivity index (χ3v) is 6.93. The van der Waals surface area contributed by atoms with Crippen molar-refractivity contribution in [3.05, 3.63) is 108 Å². The SMILES string of the molecule is CC(C)c1c(C(=O)c2ccccc2)c(-c2ccccc2)c(-c2ccc(F)cc2)n1CC[C@@H](O)C[C@@H](O)CC(=O)O. The quantitative estimate of drug-likeness (QED) is 0.182. The van der Waals surface area contributed by atoms with E-state index in [1.165, 1.54) is 12.1 Å². The van der Waals surface area contributed by atoms with E-state index in [9.17, 15) is 24.2 Å². The van der Waals surface area contributed by atoms with Crippen LogP contribution in [0.3, 0.4) is 0 Å². The predicted molar refractivity (Wildman–Crippen MR) is 153 cm³/mol. The van der Waals surface area contributed by atoms with Crippen LogP contribution in [-0.2, 0) is 11.3 Å². The van der Waals surface area contributed by atoms with Crippen molar-refractivity contribution < 1.29 is 29.3 Å². The molecule has 0 aliphatic heterocycles. The van der Waals surface area contributed by atoms with Gasteiger partial charge in [0.25, 0.3) is 0 Å². The normalized spacial score (nSPS) is 12.8. The van der Waals surface area contributed by atoms with Crippen LogP contribution in [0.2, 0.25) is 0 Å². The van der Waals surface area contributed by atoms with Gasteiger partial charge in [0.05, 0.1) is 29.9 Å². The molecule has 4 rings (SSSR count). The maximum Gasteiger partial charge on any atom is 0.305 e. The highest BCUT2D eigenvalue weighted by Crippen LogP contribution is 2.43. The van der Waals surface area contributed by atoms with Crippen LogP contribution >= 0.6 is 0 Å². The highest BCUT2D eigenvalue weighted by atomic mass is 19.1. The van der Waals surface area contributed by atoms with Gasteiger partial charge in [-0.2, -0.15) is 0 Å². The Morgan fingerprint density at radius 2 is 1.43 bits per heavy atom. The minimum absolute atomic E-state index is 0.0855. The van der Waals surface area contributed by atoms with Gasteiger partial charge < -0.3 is 19.9 Å². The third-order valence-electron chi connectivity index (χ3n) is 6.93. The maximum atomic E-state index is 14.2. The Hall–Kier alpha value is -4.07. The molecule has 0 spiro atoms. The smallest absolute Gasteiger partial charge is 0.305 e.